The Morgan fingerprint density at radius 3 is 1.50 bits per heavy atom. The van der Waals surface area contributed by atoms with Crippen LogP contribution in [-0.4, -0.2) is 9.13 Å². The molecule has 5 aromatic rings. The van der Waals surface area contributed by atoms with Crippen LogP contribution in [0.1, 0.15) is 76.5 Å². The van der Waals surface area contributed by atoms with Crippen molar-refractivity contribution in [2.24, 2.45) is 0 Å². The van der Waals surface area contributed by atoms with Crippen LogP contribution in [0.4, 0.5) is 26.3 Å². The molecule has 1 atom stereocenters. The molecule has 2 aromatic heterocycles. The average molecular weight is 645 g/mol. The summed E-state index contributed by atoms with van der Waals surface area (Å²) < 4.78 is 87.3. The Morgan fingerprint density at radius 2 is 1.07 bits per heavy atom. The molecule has 6 nitrogen and oxygen atoms in total. The van der Waals surface area contributed by atoms with E-state index in [0.717, 1.165) is 41.0 Å². The maximum absolute atomic E-state index is 14.4. The van der Waals surface area contributed by atoms with Crippen LogP contribution in [0.5, 0.6) is 0 Å². The highest BCUT2D eigenvalue weighted by Crippen LogP contribution is 2.44. The van der Waals surface area contributed by atoms with Crippen LogP contribution >= 0.6 is 0 Å². The Morgan fingerprint density at radius 1 is 0.630 bits per heavy atom. The van der Waals surface area contributed by atoms with E-state index in [1.54, 1.807) is 20.8 Å². The van der Waals surface area contributed by atoms with Gasteiger partial charge in [0.2, 0.25) is 0 Å². The molecule has 0 aliphatic heterocycles. The molecular formula is C34H30F6N2O4. The molecule has 242 valence electrons. The van der Waals surface area contributed by atoms with Gasteiger partial charge in [0.25, 0.3) is 22.2 Å². The first-order valence-corrected chi connectivity index (χ1v) is 14.8. The predicted octanol–water partition coefficient (Wildman–Crippen LogP) is 7.65. The third-order valence-corrected chi connectivity index (χ3v) is 9.34. The number of benzene rings is 3. The first kappa shape index (κ1) is 32.9. The molecule has 0 aliphatic rings. The van der Waals surface area contributed by atoms with Crippen molar-refractivity contribution in [1.29, 1.82) is 0 Å². The van der Waals surface area contributed by atoms with Crippen LogP contribution in [0.15, 0.2) is 67.7 Å². The van der Waals surface area contributed by atoms with Crippen molar-refractivity contribution < 1.29 is 26.3 Å². The highest BCUT2D eigenvalue weighted by Gasteiger charge is 2.39. The highest BCUT2D eigenvalue weighted by molar-refractivity contribution is 5.98. The lowest BCUT2D eigenvalue weighted by atomic mass is 9.89. The van der Waals surface area contributed by atoms with Gasteiger partial charge in [-0.15, -0.1) is 0 Å². The quantitative estimate of drug-likeness (QED) is 0.171. The van der Waals surface area contributed by atoms with Crippen LogP contribution in [0, 0.1) is 0 Å². The molecule has 0 fully saturated rings. The zero-order valence-electron chi connectivity index (χ0n) is 25.6. The maximum atomic E-state index is 14.4. The minimum atomic E-state index is -5.17. The molecular weight excluding hydrogens is 614 g/mol. The van der Waals surface area contributed by atoms with E-state index in [2.05, 4.69) is 0 Å². The number of alkyl halides is 6. The van der Waals surface area contributed by atoms with Crippen molar-refractivity contribution >= 4 is 21.5 Å². The Kier molecular flexibility index (Phi) is 7.94. The van der Waals surface area contributed by atoms with Crippen molar-refractivity contribution in [3.8, 4) is 16.8 Å². The van der Waals surface area contributed by atoms with Gasteiger partial charge in [0.15, 0.2) is 0 Å². The van der Waals surface area contributed by atoms with E-state index < -0.39 is 68.1 Å². The number of hydrogen-bond acceptors (Lipinski definition) is 4. The molecule has 0 aliphatic carbocycles. The molecule has 0 saturated carbocycles. The summed E-state index contributed by atoms with van der Waals surface area (Å²) in [6, 6.07) is 7.62. The summed E-state index contributed by atoms with van der Waals surface area (Å²) in [6.45, 7) is 8.84. The first-order chi connectivity index (χ1) is 21.4. The molecule has 46 heavy (non-hydrogen) atoms. The number of aromatic nitrogens is 2. The molecule has 0 amide bonds. The minimum absolute atomic E-state index is 0.105. The minimum Gasteiger partial charge on any atom is -0.269 e. The SMILES string of the molecule is CCC(C)c1ccc(-c2ccc(-n3c(=O)c4cc5c(=O)n(C(C)(CC)CC)c(=O)c5cc4c3=O)cc2C(F)(F)F)c(C(F)(F)F)c1. The first-order valence-electron chi connectivity index (χ1n) is 14.8. The van der Waals surface area contributed by atoms with Crippen LogP contribution in [0.3, 0.4) is 0 Å². The van der Waals surface area contributed by atoms with Gasteiger partial charge in [0.1, 0.15) is 0 Å². The second-order valence-corrected chi connectivity index (χ2v) is 11.9. The summed E-state index contributed by atoms with van der Waals surface area (Å²) in [4.78, 5) is 53.6. The van der Waals surface area contributed by atoms with E-state index in [0.29, 0.717) is 35.5 Å². The standard InChI is InChI=1S/C34H30F6N2O4/c1-6-17(4)18-9-11-20(26(13-18)33(35,36)37)21-12-10-19(14-27(21)34(38,39)40)41-28(43)22-15-24-25(16-23(22)29(41)44)31(46)42(30(24)45)32(5,7-2)8-3/h9-17H,6-8H2,1-5H3. The van der Waals surface area contributed by atoms with E-state index in [1.807, 2.05) is 13.8 Å². The second kappa shape index (κ2) is 11.1. The lowest BCUT2D eigenvalue weighted by Gasteiger charge is -2.27. The average Bonchev–Trinajstić information content (AvgIpc) is 3.41. The largest absolute Gasteiger partial charge is 0.417 e. The fourth-order valence-electron chi connectivity index (χ4n) is 5.98. The Labute approximate surface area is 258 Å². The topological polar surface area (TPSA) is 78.1 Å². The molecule has 5 rings (SSSR count). The van der Waals surface area contributed by atoms with Gasteiger partial charge in [-0.05, 0) is 79.1 Å². The van der Waals surface area contributed by atoms with Crippen LogP contribution in [0.2, 0.25) is 0 Å². The third-order valence-electron chi connectivity index (χ3n) is 9.34. The van der Waals surface area contributed by atoms with Gasteiger partial charge >= 0.3 is 12.4 Å². The second-order valence-electron chi connectivity index (χ2n) is 11.9. The number of rotatable bonds is 7. The Hall–Kier alpha value is -4.48. The summed E-state index contributed by atoms with van der Waals surface area (Å²) in [5.41, 5.74) is -8.64. The van der Waals surface area contributed by atoms with Crippen LogP contribution in [-0.2, 0) is 17.9 Å². The maximum Gasteiger partial charge on any atom is 0.417 e. The van der Waals surface area contributed by atoms with Crippen molar-refractivity contribution in [3.63, 3.8) is 0 Å². The zero-order valence-corrected chi connectivity index (χ0v) is 25.6. The fraction of sp³-hybridized carbons (Fsp3) is 0.353. The molecule has 0 spiro atoms. The van der Waals surface area contributed by atoms with Crippen molar-refractivity contribution in [3.05, 3.63) is 107 Å². The molecule has 1 unspecified atom stereocenters. The van der Waals surface area contributed by atoms with Crippen LogP contribution in [0.25, 0.3) is 38.4 Å². The van der Waals surface area contributed by atoms with E-state index >= 15 is 0 Å². The third kappa shape index (κ3) is 5.07. The molecule has 2 heterocycles. The van der Waals surface area contributed by atoms with E-state index in [1.165, 1.54) is 6.07 Å². The summed E-state index contributed by atoms with van der Waals surface area (Å²) in [6.07, 6.45) is -8.73. The molecule has 12 heteroatoms. The van der Waals surface area contributed by atoms with Gasteiger partial charge in [0.05, 0.1) is 38.4 Å². The number of nitrogens with zero attached hydrogens (tertiary/aromatic N) is 2. The van der Waals surface area contributed by atoms with Gasteiger partial charge in [-0.3, -0.25) is 23.7 Å². The van der Waals surface area contributed by atoms with E-state index in [9.17, 15) is 45.5 Å². The Bertz CT molecular complexity index is 2130. The molecule has 0 N–H and O–H groups in total. The Balaban J connectivity index is 1.76. The molecule has 0 radical (unpaired) electrons. The zero-order chi connectivity index (χ0) is 34.1. The van der Waals surface area contributed by atoms with Crippen molar-refractivity contribution in [1.82, 2.24) is 9.13 Å². The summed E-state index contributed by atoms with van der Waals surface area (Å²) in [7, 11) is 0. The lowest BCUT2D eigenvalue weighted by Crippen LogP contribution is -2.42. The lowest BCUT2D eigenvalue weighted by molar-refractivity contribution is -0.139. The van der Waals surface area contributed by atoms with Gasteiger partial charge in [-0.1, -0.05) is 45.9 Å². The fourth-order valence-corrected chi connectivity index (χ4v) is 5.98. The smallest absolute Gasteiger partial charge is 0.269 e. The van der Waals surface area contributed by atoms with Crippen LogP contribution < -0.4 is 22.2 Å². The van der Waals surface area contributed by atoms with E-state index in [4.69, 9.17) is 0 Å². The number of fused-ring (bicyclic) bond motifs is 2. The summed E-state index contributed by atoms with van der Waals surface area (Å²) >= 11 is 0. The molecule has 3 aromatic carbocycles. The summed E-state index contributed by atoms with van der Waals surface area (Å²) in [5.74, 6) is -0.272. The predicted molar refractivity (Wildman–Crippen MR) is 165 cm³/mol. The van der Waals surface area contributed by atoms with Gasteiger partial charge in [0, 0.05) is 5.54 Å². The van der Waals surface area contributed by atoms with Crippen molar-refractivity contribution in [2.75, 3.05) is 0 Å². The van der Waals surface area contributed by atoms with E-state index in [-0.39, 0.29) is 27.5 Å². The van der Waals surface area contributed by atoms with Crippen molar-refractivity contribution in [2.45, 2.75) is 77.7 Å². The van der Waals surface area contributed by atoms with Gasteiger partial charge in [-0.25, -0.2) is 4.57 Å². The van der Waals surface area contributed by atoms with Gasteiger partial charge in [-0.2, -0.15) is 26.3 Å². The normalized spacial score (nSPS) is 13.6. The number of hydrogen-bond donors (Lipinski definition) is 0. The number of halogens is 6. The summed E-state index contributed by atoms with van der Waals surface area (Å²) in [5, 5.41) is -0.767. The molecule has 0 bridgehead atoms. The monoisotopic (exact) mass is 644 g/mol. The van der Waals surface area contributed by atoms with Gasteiger partial charge < -0.3 is 0 Å². The highest BCUT2D eigenvalue weighted by atomic mass is 19.4. The molecule has 0 saturated heterocycles.